The average Bonchev–Trinajstić information content (AvgIpc) is 2.28. The summed E-state index contributed by atoms with van der Waals surface area (Å²) < 4.78 is 0. The van der Waals surface area contributed by atoms with Crippen molar-refractivity contribution in [2.45, 2.75) is 13.5 Å². The summed E-state index contributed by atoms with van der Waals surface area (Å²) in [7, 11) is 2.04. The molecule has 1 rings (SSSR count). The van der Waals surface area contributed by atoms with Gasteiger partial charge in [0.05, 0.1) is 0 Å². The van der Waals surface area contributed by atoms with Crippen LogP contribution in [0.15, 0.2) is 24.3 Å². The quantitative estimate of drug-likeness (QED) is 0.435. The largest absolute Gasteiger partial charge is 0.302 e. The summed E-state index contributed by atoms with van der Waals surface area (Å²) in [6, 6.07) is 7.47. The normalized spacial score (nSPS) is 10.4. The first-order chi connectivity index (χ1) is 7.17. The van der Waals surface area contributed by atoms with Gasteiger partial charge in [0.2, 0.25) is 0 Å². The molecule has 0 aliphatic heterocycles. The fraction of sp³-hybridized carbons (Fsp3) is 0.364. The molecule has 0 atom stereocenters. The lowest BCUT2D eigenvalue weighted by Crippen LogP contribution is -2.30. The Balaban J connectivity index is 2.78. The van der Waals surface area contributed by atoms with E-state index in [-0.39, 0.29) is 5.91 Å². The number of rotatable bonds is 4. The van der Waals surface area contributed by atoms with Crippen LogP contribution in [0.3, 0.4) is 0 Å². The van der Waals surface area contributed by atoms with E-state index in [2.05, 4.69) is 17.2 Å². The van der Waals surface area contributed by atoms with E-state index in [0.717, 1.165) is 18.7 Å². The Labute approximate surface area is 90.0 Å². The maximum absolute atomic E-state index is 11.3. The summed E-state index contributed by atoms with van der Waals surface area (Å²) in [6.45, 7) is 3.91. The van der Waals surface area contributed by atoms with Crippen LogP contribution in [0.2, 0.25) is 0 Å². The lowest BCUT2D eigenvalue weighted by Gasteiger charge is -2.14. The highest BCUT2D eigenvalue weighted by atomic mass is 16.2. The third kappa shape index (κ3) is 3.34. The number of carbonyl (C=O) groups is 1. The number of hydrogen-bond acceptors (Lipinski definition) is 3. The number of benzene rings is 1. The SMILES string of the molecule is CCN(C)Cc1cccc(C(=O)NN)c1. The van der Waals surface area contributed by atoms with Crippen molar-refractivity contribution < 1.29 is 4.79 Å². The summed E-state index contributed by atoms with van der Waals surface area (Å²) in [5.41, 5.74) is 3.83. The lowest BCUT2D eigenvalue weighted by atomic mass is 10.1. The third-order valence-corrected chi connectivity index (χ3v) is 2.31. The van der Waals surface area contributed by atoms with Crippen molar-refractivity contribution in [2.75, 3.05) is 13.6 Å². The van der Waals surface area contributed by atoms with Crippen LogP contribution in [-0.2, 0) is 6.54 Å². The van der Waals surface area contributed by atoms with Gasteiger partial charge in [0.15, 0.2) is 0 Å². The highest BCUT2D eigenvalue weighted by molar-refractivity contribution is 5.93. The van der Waals surface area contributed by atoms with Crippen molar-refractivity contribution in [1.82, 2.24) is 10.3 Å². The number of nitrogens with zero attached hydrogens (tertiary/aromatic N) is 1. The molecule has 0 saturated carbocycles. The van der Waals surface area contributed by atoms with E-state index in [0.29, 0.717) is 5.56 Å². The second-order valence-corrected chi connectivity index (χ2v) is 3.50. The van der Waals surface area contributed by atoms with Crippen LogP contribution in [0.1, 0.15) is 22.8 Å². The minimum absolute atomic E-state index is 0.254. The monoisotopic (exact) mass is 207 g/mol. The van der Waals surface area contributed by atoms with Crippen molar-refractivity contribution in [3.05, 3.63) is 35.4 Å². The molecule has 0 bridgehead atoms. The molecule has 15 heavy (non-hydrogen) atoms. The fourth-order valence-corrected chi connectivity index (χ4v) is 1.32. The molecule has 1 aromatic rings. The highest BCUT2D eigenvalue weighted by Gasteiger charge is 2.04. The van der Waals surface area contributed by atoms with Crippen molar-refractivity contribution in [3.63, 3.8) is 0 Å². The van der Waals surface area contributed by atoms with Gasteiger partial charge in [-0.1, -0.05) is 19.1 Å². The minimum Gasteiger partial charge on any atom is -0.302 e. The third-order valence-electron chi connectivity index (χ3n) is 2.31. The minimum atomic E-state index is -0.254. The van der Waals surface area contributed by atoms with Crippen molar-refractivity contribution in [1.29, 1.82) is 0 Å². The van der Waals surface area contributed by atoms with Gasteiger partial charge in [-0.25, -0.2) is 5.84 Å². The van der Waals surface area contributed by atoms with Gasteiger partial charge < -0.3 is 4.90 Å². The number of amides is 1. The molecule has 3 N–H and O–H groups in total. The molecule has 4 nitrogen and oxygen atoms in total. The molecule has 0 spiro atoms. The molecule has 82 valence electrons. The van der Waals surface area contributed by atoms with Crippen LogP contribution >= 0.6 is 0 Å². The van der Waals surface area contributed by atoms with Gasteiger partial charge >= 0.3 is 0 Å². The summed E-state index contributed by atoms with van der Waals surface area (Å²) in [5.74, 6) is 4.82. The van der Waals surface area contributed by atoms with Crippen molar-refractivity contribution >= 4 is 5.91 Å². The number of carbonyl (C=O) groups excluding carboxylic acids is 1. The Kier molecular flexibility index (Phi) is 4.27. The zero-order valence-corrected chi connectivity index (χ0v) is 9.16. The van der Waals surface area contributed by atoms with Gasteiger partial charge in [-0.05, 0) is 31.3 Å². The number of nitrogen functional groups attached to an aromatic ring is 1. The first-order valence-electron chi connectivity index (χ1n) is 4.95. The molecule has 1 amide bonds. The predicted molar refractivity (Wildman–Crippen MR) is 60.1 cm³/mol. The number of hydrazine groups is 1. The van der Waals surface area contributed by atoms with Crippen LogP contribution in [0.4, 0.5) is 0 Å². The molecule has 0 unspecified atom stereocenters. The summed E-state index contributed by atoms with van der Waals surface area (Å²) >= 11 is 0. The van der Waals surface area contributed by atoms with E-state index in [9.17, 15) is 4.79 Å². The van der Waals surface area contributed by atoms with E-state index < -0.39 is 0 Å². The Morgan fingerprint density at radius 3 is 2.87 bits per heavy atom. The molecule has 0 saturated heterocycles. The summed E-state index contributed by atoms with van der Waals surface area (Å²) in [4.78, 5) is 13.4. The van der Waals surface area contributed by atoms with Gasteiger partial charge in [0, 0.05) is 12.1 Å². The Morgan fingerprint density at radius 2 is 2.27 bits per heavy atom. The Hall–Kier alpha value is -1.39. The standard InChI is InChI=1S/C11H17N3O/c1-3-14(2)8-9-5-4-6-10(7-9)11(15)13-12/h4-7H,3,8,12H2,1-2H3,(H,13,15). The number of nitrogens with two attached hydrogens (primary N) is 1. The first kappa shape index (κ1) is 11.7. The molecule has 0 fully saturated rings. The summed E-state index contributed by atoms with van der Waals surface area (Å²) in [6.07, 6.45) is 0. The lowest BCUT2D eigenvalue weighted by molar-refractivity contribution is 0.0953. The van der Waals surface area contributed by atoms with Crippen LogP contribution in [0, 0.1) is 0 Å². The second-order valence-electron chi connectivity index (χ2n) is 3.50. The summed E-state index contributed by atoms with van der Waals surface area (Å²) in [5, 5.41) is 0. The van der Waals surface area contributed by atoms with Crippen LogP contribution in [-0.4, -0.2) is 24.4 Å². The fourth-order valence-electron chi connectivity index (χ4n) is 1.32. The van der Waals surface area contributed by atoms with E-state index >= 15 is 0 Å². The van der Waals surface area contributed by atoms with Crippen LogP contribution in [0.25, 0.3) is 0 Å². The molecule has 4 heteroatoms. The molecule has 0 aliphatic rings. The van der Waals surface area contributed by atoms with E-state index in [1.54, 1.807) is 6.07 Å². The van der Waals surface area contributed by atoms with Gasteiger partial charge in [-0.15, -0.1) is 0 Å². The van der Waals surface area contributed by atoms with Gasteiger partial charge in [-0.2, -0.15) is 0 Å². The predicted octanol–water partition coefficient (Wildman–Crippen LogP) is 0.742. The average molecular weight is 207 g/mol. The zero-order valence-electron chi connectivity index (χ0n) is 9.16. The maximum Gasteiger partial charge on any atom is 0.265 e. The highest BCUT2D eigenvalue weighted by Crippen LogP contribution is 2.07. The Bertz CT molecular complexity index is 338. The van der Waals surface area contributed by atoms with E-state index in [4.69, 9.17) is 5.84 Å². The number of nitrogens with one attached hydrogen (secondary N) is 1. The molecule has 1 aromatic carbocycles. The van der Waals surface area contributed by atoms with E-state index in [1.807, 2.05) is 25.2 Å². The van der Waals surface area contributed by atoms with E-state index in [1.165, 1.54) is 0 Å². The Morgan fingerprint density at radius 1 is 1.53 bits per heavy atom. The number of hydrogen-bond donors (Lipinski definition) is 2. The molecular weight excluding hydrogens is 190 g/mol. The maximum atomic E-state index is 11.3. The molecule has 0 aliphatic carbocycles. The molecule has 0 radical (unpaired) electrons. The zero-order chi connectivity index (χ0) is 11.3. The van der Waals surface area contributed by atoms with Gasteiger partial charge in [0.1, 0.15) is 0 Å². The first-order valence-corrected chi connectivity index (χ1v) is 4.95. The van der Waals surface area contributed by atoms with Gasteiger partial charge in [-0.3, -0.25) is 10.2 Å². The topological polar surface area (TPSA) is 58.4 Å². The molecule has 0 heterocycles. The van der Waals surface area contributed by atoms with Crippen molar-refractivity contribution in [3.8, 4) is 0 Å². The van der Waals surface area contributed by atoms with Gasteiger partial charge in [0.25, 0.3) is 5.91 Å². The molecular formula is C11H17N3O. The molecule has 0 aromatic heterocycles. The smallest absolute Gasteiger partial charge is 0.265 e. The van der Waals surface area contributed by atoms with Crippen LogP contribution in [0.5, 0.6) is 0 Å². The van der Waals surface area contributed by atoms with Crippen molar-refractivity contribution in [2.24, 2.45) is 5.84 Å². The second kappa shape index (κ2) is 5.48. The van der Waals surface area contributed by atoms with Crippen LogP contribution < -0.4 is 11.3 Å².